The molecule has 0 aromatic rings. The fourth-order valence-corrected chi connectivity index (χ4v) is 1.58. The molecule has 0 amide bonds. The van der Waals surface area contributed by atoms with Crippen molar-refractivity contribution in [2.75, 3.05) is 6.61 Å². The summed E-state index contributed by atoms with van der Waals surface area (Å²) in [5, 5.41) is 0. The van der Waals surface area contributed by atoms with Crippen molar-refractivity contribution in [3.05, 3.63) is 12.7 Å². The van der Waals surface area contributed by atoms with Crippen molar-refractivity contribution in [3.63, 3.8) is 0 Å². The van der Waals surface area contributed by atoms with Crippen LogP contribution in [0.2, 0.25) is 0 Å². The van der Waals surface area contributed by atoms with Gasteiger partial charge in [-0.15, -0.1) is 6.58 Å². The Morgan fingerprint density at radius 1 is 1.60 bits per heavy atom. The molecule has 0 radical (unpaired) electrons. The summed E-state index contributed by atoms with van der Waals surface area (Å²) in [6.45, 7) is 9.09. The largest absolute Gasteiger partial charge is 0.374 e. The Morgan fingerprint density at radius 2 is 2.30 bits per heavy atom. The van der Waals surface area contributed by atoms with Crippen molar-refractivity contribution in [1.82, 2.24) is 0 Å². The van der Waals surface area contributed by atoms with Crippen molar-refractivity contribution in [2.45, 2.75) is 26.4 Å². The normalized spacial score (nSPS) is 41.2. The van der Waals surface area contributed by atoms with E-state index in [-0.39, 0.29) is 1.43 Å². The van der Waals surface area contributed by atoms with E-state index in [0.29, 0.717) is 12.0 Å². The fraction of sp³-hybridized carbons (Fsp3) is 0.778. The Hall–Kier alpha value is -0.300. The molecule has 0 unspecified atom stereocenters. The van der Waals surface area contributed by atoms with Gasteiger partial charge in [-0.3, -0.25) is 0 Å². The summed E-state index contributed by atoms with van der Waals surface area (Å²) < 4.78 is 5.53. The molecule has 0 N–H and O–H groups in total. The van der Waals surface area contributed by atoms with Gasteiger partial charge in [-0.1, -0.05) is 19.9 Å². The summed E-state index contributed by atoms with van der Waals surface area (Å²) in [7, 11) is 0. The van der Waals surface area contributed by atoms with Gasteiger partial charge in [0.05, 0.1) is 6.10 Å². The Bertz CT molecular complexity index is 125. The summed E-state index contributed by atoms with van der Waals surface area (Å²) in [6, 6.07) is 0. The molecular weight excluding hydrogens is 124 g/mol. The summed E-state index contributed by atoms with van der Waals surface area (Å²) >= 11 is 0. The molecule has 60 valence electrons. The maximum atomic E-state index is 5.53. The lowest BCUT2D eigenvalue weighted by atomic mass is 9.90. The van der Waals surface area contributed by atoms with Gasteiger partial charge in [-0.25, -0.2) is 0 Å². The van der Waals surface area contributed by atoms with Crippen LogP contribution in [0.15, 0.2) is 12.7 Å². The smallest absolute Gasteiger partial charge is 0.0778 e. The molecule has 1 rings (SSSR count). The van der Waals surface area contributed by atoms with Crippen LogP contribution in [0.5, 0.6) is 0 Å². The van der Waals surface area contributed by atoms with Gasteiger partial charge in [0.25, 0.3) is 0 Å². The van der Waals surface area contributed by atoms with Crippen LogP contribution in [0.4, 0.5) is 0 Å². The van der Waals surface area contributed by atoms with Crippen molar-refractivity contribution in [2.24, 2.45) is 11.8 Å². The molecule has 10 heavy (non-hydrogen) atoms. The van der Waals surface area contributed by atoms with Crippen molar-refractivity contribution in [3.8, 4) is 0 Å². The molecule has 0 aromatic heterocycles. The monoisotopic (exact) mass is 142 g/mol. The van der Waals surface area contributed by atoms with Gasteiger partial charge >= 0.3 is 0 Å². The van der Waals surface area contributed by atoms with Crippen molar-refractivity contribution in [1.29, 1.82) is 0 Å². The molecule has 0 bridgehead atoms. The Kier molecular flexibility index (Phi) is 2.50. The molecule has 1 heterocycles. The molecule has 3 atom stereocenters. The van der Waals surface area contributed by atoms with Gasteiger partial charge in [-0.05, 0) is 18.3 Å². The molecule has 1 fully saturated rings. The number of hydrogen-bond donors (Lipinski definition) is 0. The van der Waals surface area contributed by atoms with Gasteiger partial charge in [0, 0.05) is 8.03 Å². The highest BCUT2D eigenvalue weighted by atomic mass is 16.5. The lowest BCUT2D eigenvalue weighted by Crippen LogP contribution is -2.30. The second-order valence-electron chi connectivity index (χ2n) is 3.35. The van der Waals surface area contributed by atoms with Crippen LogP contribution in [-0.4, -0.2) is 12.7 Å². The van der Waals surface area contributed by atoms with E-state index in [2.05, 4.69) is 20.4 Å². The number of ether oxygens (including phenoxy) is 1. The topological polar surface area (TPSA) is 9.23 Å². The van der Waals surface area contributed by atoms with Crippen LogP contribution in [0, 0.1) is 11.8 Å². The highest BCUT2D eigenvalue weighted by molar-refractivity contribution is 4.87. The maximum absolute atomic E-state index is 5.53. The van der Waals surface area contributed by atoms with Gasteiger partial charge in [0.2, 0.25) is 0 Å². The Balaban J connectivity index is 0.000001000. The van der Waals surface area contributed by atoms with E-state index < -0.39 is 0 Å². The van der Waals surface area contributed by atoms with Crippen LogP contribution in [0.1, 0.15) is 21.7 Å². The van der Waals surface area contributed by atoms with Crippen molar-refractivity contribution >= 4 is 0 Å². The van der Waals surface area contributed by atoms with E-state index >= 15 is 0 Å². The summed E-state index contributed by atoms with van der Waals surface area (Å²) in [6.07, 6.45) is 3.49. The van der Waals surface area contributed by atoms with E-state index in [1.807, 2.05) is 6.08 Å². The Labute approximate surface area is 64.6 Å². The van der Waals surface area contributed by atoms with Crippen molar-refractivity contribution < 1.29 is 6.16 Å². The van der Waals surface area contributed by atoms with E-state index in [1.165, 1.54) is 6.42 Å². The Morgan fingerprint density at radius 3 is 2.80 bits per heavy atom. The second-order valence-corrected chi connectivity index (χ2v) is 3.35. The molecule has 1 nitrogen and oxygen atoms in total. The summed E-state index contributed by atoms with van der Waals surface area (Å²) in [5.41, 5.74) is 0. The van der Waals surface area contributed by atoms with Crippen LogP contribution in [0.25, 0.3) is 0 Å². The zero-order valence-corrected chi connectivity index (χ0v) is 6.84. The zero-order valence-electron chi connectivity index (χ0n) is 6.84. The first-order valence-electron chi connectivity index (χ1n) is 3.98. The molecule has 0 spiro atoms. The average Bonchev–Trinajstić information content (AvgIpc) is 1.88. The van der Waals surface area contributed by atoms with Crippen LogP contribution in [-0.2, 0) is 4.74 Å². The van der Waals surface area contributed by atoms with Gasteiger partial charge < -0.3 is 4.74 Å². The third-order valence-electron chi connectivity index (χ3n) is 2.14. The minimum Gasteiger partial charge on any atom is -0.374 e. The zero-order chi connectivity index (χ0) is 7.56. The first-order chi connectivity index (χ1) is 4.74. The predicted molar refractivity (Wildman–Crippen MR) is 45.0 cm³/mol. The van der Waals surface area contributed by atoms with Crippen LogP contribution < -0.4 is 0 Å². The molecule has 1 aliphatic rings. The summed E-state index contributed by atoms with van der Waals surface area (Å²) in [4.78, 5) is 0. The minimum absolute atomic E-state index is 0. The second kappa shape index (κ2) is 3.20. The number of hydrogen-bond acceptors (Lipinski definition) is 1. The minimum atomic E-state index is 0. The third kappa shape index (κ3) is 1.60. The lowest BCUT2D eigenvalue weighted by Gasteiger charge is -2.30. The highest BCUT2D eigenvalue weighted by Gasteiger charge is 2.22. The molecule has 0 aromatic carbocycles. The van der Waals surface area contributed by atoms with Gasteiger partial charge in [0.1, 0.15) is 0 Å². The number of rotatable bonds is 1. The summed E-state index contributed by atoms with van der Waals surface area (Å²) in [5.74, 6) is 1.38. The van der Waals surface area contributed by atoms with E-state index in [9.17, 15) is 0 Å². The molecule has 0 saturated carbocycles. The molecular formula is C9H18O. The first-order valence-corrected chi connectivity index (χ1v) is 3.98. The first kappa shape index (κ1) is 7.80. The standard InChI is InChI=1S/C9H16O.H2/c1-4-9-8(3)5-7(2)6-10-9;/h4,7-9H,1,5-6H2,2-3H3;1H/t7-,8+,9-;/m1./s1. The molecule has 1 aliphatic heterocycles. The molecule has 0 aliphatic carbocycles. The fourth-order valence-electron chi connectivity index (χ4n) is 1.58. The average molecular weight is 142 g/mol. The van der Waals surface area contributed by atoms with E-state index in [4.69, 9.17) is 4.74 Å². The molecule has 1 heteroatoms. The predicted octanol–water partition coefficient (Wildman–Crippen LogP) is 2.48. The third-order valence-corrected chi connectivity index (χ3v) is 2.14. The van der Waals surface area contributed by atoms with Gasteiger partial charge in [0.15, 0.2) is 0 Å². The molecule has 1 saturated heterocycles. The van der Waals surface area contributed by atoms with Crippen LogP contribution >= 0.6 is 0 Å². The van der Waals surface area contributed by atoms with Gasteiger partial charge in [-0.2, -0.15) is 0 Å². The van der Waals surface area contributed by atoms with E-state index in [0.717, 1.165) is 12.5 Å². The van der Waals surface area contributed by atoms with Crippen LogP contribution in [0.3, 0.4) is 0 Å². The maximum Gasteiger partial charge on any atom is 0.0778 e. The highest BCUT2D eigenvalue weighted by Crippen LogP contribution is 2.24. The van der Waals surface area contributed by atoms with E-state index in [1.54, 1.807) is 0 Å². The lowest BCUT2D eigenvalue weighted by molar-refractivity contribution is -0.0186. The quantitative estimate of drug-likeness (QED) is 0.511. The SMILES string of the molecule is C=C[C@H]1OC[C@H](C)C[C@@H]1C.[HH].